The van der Waals surface area contributed by atoms with Crippen LogP contribution in [0.2, 0.25) is 0 Å². The van der Waals surface area contributed by atoms with E-state index in [1.807, 2.05) is 18.6 Å². The SMILES string of the molecule is Cc1cc([N+](=O)[O-])cnc1N1CCN(Cc2cncs2)CC1. The lowest BCUT2D eigenvalue weighted by Crippen LogP contribution is -2.46. The van der Waals surface area contributed by atoms with Crippen LogP contribution in [0.4, 0.5) is 11.5 Å². The number of pyridine rings is 1. The molecule has 3 heterocycles. The number of thiazole rings is 1. The summed E-state index contributed by atoms with van der Waals surface area (Å²) in [5.74, 6) is 0.850. The van der Waals surface area contributed by atoms with Crippen molar-refractivity contribution in [2.24, 2.45) is 0 Å². The number of nitrogens with zero attached hydrogens (tertiary/aromatic N) is 5. The normalized spacial score (nSPS) is 16.0. The van der Waals surface area contributed by atoms with Crippen LogP contribution in [0.5, 0.6) is 0 Å². The van der Waals surface area contributed by atoms with Crippen molar-refractivity contribution in [3.05, 3.63) is 44.5 Å². The number of rotatable bonds is 4. The number of piperazine rings is 1. The third kappa shape index (κ3) is 3.23. The summed E-state index contributed by atoms with van der Waals surface area (Å²) >= 11 is 1.68. The van der Waals surface area contributed by atoms with Crippen LogP contribution < -0.4 is 4.90 Å². The fourth-order valence-corrected chi connectivity index (χ4v) is 3.28. The molecule has 2 aromatic heterocycles. The van der Waals surface area contributed by atoms with Crippen LogP contribution in [0, 0.1) is 17.0 Å². The third-order valence-electron chi connectivity index (χ3n) is 3.78. The molecule has 0 aliphatic carbocycles. The fourth-order valence-electron chi connectivity index (χ4n) is 2.64. The van der Waals surface area contributed by atoms with Crippen molar-refractivity contribution in [1.82, 2.24) is 14.9 Å². The van der Waals surface area contributed by atoms with Crippen molar-refractivity contribution in [1.29, 1.82) is 0 Å². The second-order valence-electron chi connectivity index (χ2n) is 5.32. The Kier molecular flexibility index (Phi) is 4.30. The first-order valence-corrected chi connectivity index (χ1v) is 7.97. The summed E-state index contributed by atoms with van der Waals surface area (Å²) in [6.07, 6.45) is 3.26. The van der Waals surface area contributed by atoms with Gasteiger partial charge in [-0.1, -0.05) is 0 Å². The molecule has 1 aliphatic heterocycles. The molecule has 0 amide bonds. The van der Waals surface area contributed by atoms with Crippen molar-refractivity contribution in [2.75, 3.05) is 31.1 Å². The van der Waals surface area contributed by atoms with E-state index in [0.717, 1.165) is 44.1 Å². The number of hydrogen-bond acceptors (Lipinski definition) is 7. The predicted molar refractivity (Wildman–Crippen MR) is 85.2 cm³/mol. The predicted octanol–water partition coefficient (Wildman–Crippen LogP) is 2.08. The van der Waals surface area contributed by atoms with E-state index in [1.54, 1.807) is 17.4 Å². The average molecular weight is 319 g/mol. The monoisotopic (exact) mass is 319 g/mol. The molecule has 1 fully saturated rings. The summed E-state index contributed by atoms with van der Waals surface area (Å²) in [6, 6.07) is 1.59. The number of anilines is 1. The van der Waals surface area contributed by atoms with Gasteiger partial charge < -0.3 is 4.90 Å². The van der Waals surface area contributed by atoms with Crippen LogP contribution in [-0.2, 0) is 6.54 Å². The Balaban J connectivity index is 1.62. The molecule has 0 atom stereocenters. The van der Waals surface area contributed by atoms with Crippen molar-refractivity contribution < 1.29 is 4.92 Å². The van der Waals surface area contributed by atoms with Crippen LogP contribution in [0.15, 0.2) is 24.0 Å². The van der Waals surface area contributed by atoms with Gasteiger partial charge in [0.15, 0.2) is 0 Å². The quantitative estimate of drug-likeness (QED) is 0.634. The molecular formula is C14H17N5O2S. The molecule has 7 nitrogen and oxygen atoms in total. The Morgan fingerprint density at radius 1 is 1.32 bits per heavy atom. The molecule has 2 aromatic rings. The maximum absolute atomic E-state index is 10.8. The van der Waals surface area contributed by atoms with E-state index < -0.39 is 4.92 Å². The van der Waals surface area contributed by atoms with Gasteiger partial charge >= 0.3 is 0 Å². The number of nitro groups is 1. The van der Waals surface area contributed by atoms with Crippen molar-refractivity contribution in [2.45, 2.75) is 13.5 Å². The van der Waals surface area contributed by atoms with E-state index >= 15 is 0 Å². The van der Waals surface area contributed by atoms with Gasteiger partial charge in [0.1, 0.15) is 12.0 Å². The highest BCUT2D eigenvalue weighted by atomic mass is 32.1. The van der Waals surface area contributed by atoms with E-state index in [4.69, 9.17) is 0 Å². The smallest absolute Gasteiger partial charge is 0.287 e. The summed E-state index contributed by atoms with van der Waals surface area (Å²) in [6.45, 7) is 6.48. The lowest BCUT2D eigenvalue weighted by atomic mass is 10.2. The minimum absolute atomic E-state index is 0.0464. The molecule has 0 radical (unpaired) electrons. The minimum Gasteiger partial charge on any atom is -0.354 e. The van der Waals surface area contributed by atoms with Gasteiger partial charge in [-0.2, -0.15) is 0 Å². The van der Waals surface area contributed by atoms with Gasteiger partial charge in [0.05, 0.1) is 10.4 Å². The molecule has 116 valence electrons. The Hall–Kier alpha value is -2.06. The molecule has 0 saturated carbocycles. The molecule has 22 heavy (non-hydrogen) atoms. The highest BCUT2D eigenvalue weighted by molar-refractivity contribution is 7.09. The van der Waals surface area contributed by atoms with Gasteiger partial charge in [0, 0.05) is 49.9 Å². The first kappa shape index (κ1) is 14.9. The summed E-state index contributed by atoms with van der Waals surface area (Å²) in [7, 11) is 0. The van der Waals surface area contributed by atoms with Crippen molar-refractivity contribution >= 4 is 22.8 Å². The zero-order valence-corrected chi connectivity index (χ0v) is 13.1. The first-order valence-electron chi connectivity index (χ1n) is 7.09. The molecule has 0 aromatic carbocycles. The first-order chi connectivity index (χ1) is 10.6. The lowest BCUT2D eigenvalue weighted by Gasteiger charge is -2.35. The van der Waals surface area contributed by atoms with Gasteiger partial charge in [-0.15, -0.1) is 11.3 Å². The largest absolute Gasteiger partial charge is 0.354 e. The van der Waals surface area contributed by atoms with Crippen molar-refractivity contribution in [3.8, 4) is 0 Å². The average Bonchev–Trinajstić information content (AvgIpc) is 3.01. The van der Waals surface area contributed by atoms with Gasteiger partial charge in [-0.05, 0) is 12.5 Å². The van der Waals surface area contributed by atoms with Crippen LogP contribution >= 0.6 is 11.3 Å². The Bertz CT molecular complexity index is 653. The molecule has 8 heteroatoms. The van der Waals surface area contributed by atoms with Crippen molar-refractivity contribution in [3.63, 3.8) is 0 Å². The third-order valence-corrected chi connectivity index (χ3v) is 4.55. The highest BCUT2D eigenvalue weighted by Gasteiger charge is 2.21. The van der Waals surface area contributed by atoms with E-state index in [9.17, 15) is 10.1 Å². The lowest BCUT2D eigenvalue weighted by molar-refractivity contribution is -0.385. The molecule has 1 saturated heterocycles. The van der Waals surface area contributed by atoms with Crippen LogP contribution in [0.3, 0.4) is 0 Å². The standard InChI is InChI=1S/C14H17N5O2S/c1-11-6-12(19(20)21)7-16-14(11)18-4-2-17(3-5-18)9-13-8-15-10-22-13/h6-8,10H,2-5,9H2,1H3. The Labute approximate surface area is 132 Å². The second-order valence-corrected chi connectivity index (χ2v) is 6.29. The molecule has 0 unspecified atom stereocenters. The topological polar surface area (TPSA) is 75.4 Å². The van der Waals surface area contributed by atoms with Gasteiger partial charge in [0.2, 0.25) is 0 Å². The molecule has 0 N–H and O–H groups in total. The molecular weight excluding hydrogens is 302 g/mol. The highest BCUT2D eigenvalue weighted by Crippen LogP contribution is 2.23. The van der Waals surface area contributed by atoms with E-state index in [2.05, 4.69) is 19.8 Å². The van der Waals surface area contributed by atoms with Gasteiger partial charge in [-0.3, -0.25) is 20.0 Å². The molecule has 3 rings (SSSR count). The van der Waals surface area contributed by atoms with Gasteiger partial charge in [-0.25, -0.2) is 4.98 Å². The Morgan fingerprint density at radius 2 is 2.09 bits per heavy atom. The number of aryl methyl sites for hydroxylation is 1. The summed E-state index contributed by atoms with van der Waals surface area (Å²) < 4.78 is 0. The second kappa shape index (κ2) is 6.37. The van der Waals surface area contributed by atoms with E-state index in [0.29, 0.717) is 0 Å². The van der Waals surface area contributed by atoms with Crippen LogP contribution in [0.1, 0.15) is 10.4 Å². The number of aromatic nitrogens is 2. The molecule has 1 aliphatic rings. The fraction of sp³-hybridized carbons (Fsp3) is 0.429. The zero-order valence-electron chi connectivity index (χ0n) is 12.3. The number of hydrogen-bond donors (Lipinski definition) is 0. The summed E-state index contributed by atoms with van der Waals surface area (Å²) in [5.41, 5.74) is 2.76. The zero-order chi connectivity index (χ0) is 15.5. The summed E-state index contributed by atoms with van der Waals surface area (Å²) in [4.78, 5) is 24.6. The molecule has 0 bridgehead atoms. The Morgan fingerprint density at radius 3 is 2.68 bits per heavy atom. The molecule has 0 spiro atoms. The van der Waals surface area contributed by atoms with Gasteiger partial charge in [0.25, 0.3) is 5.69 Å². The maximum atomic E-state index is 10.8. The van der Waals surface area contributed by atoms with Crippen LogP contribution in [0.25, 0.3) is 0 Å². The summed E-state index contributed by atoms with van der Waals surface area (Å²) in [5, 5.41) is 10.8. The minimum atomic E-state index is -0.406. The maximum Gasteiger partial charge on any atom is 0.287 e. The van der Waals surface area contributed by atoms with E-state index in [-0.39, 0.29) is 5.69 Å². The van der Waals surface area contributed by atoms with Crippen LogP contribution in [-0.4, -0.2) is 46.0 Å². The van der Waals surface area contributed by atoms with E-state index in [1.165, 1.54) is 11.1 Å².